The zero-order valence-corrected chi connectivity index (χ0v) is 10.2. The number of H-pyrrole nitrogens is 1. The fraction of sp³-hybridized carbons (Fsp3) is 0.100. The van der Waals surface area contributed by atoms with E-state index < -0.39 is 0 Å². The number of para-hydroxylation sites is 1. The Morgan fingerprint density at radius 2 is 2.29 bits per heavy atom. The number of thiazole rings is 1. The second-order valence-corrected chi connectivity index (χ2v) is 5.13. The highest BCUT2D eigenvalue weighted by atomic mass is 35.5. The number of rotatable bonds is 3. The highest BCUT2D eigenvalue weighted by Gasteiger charge is 2.05. The van der Waals surface area contributed by atoms with Crippen LogP contribution in [-0.2, 0) is 6.54 Å². The van der Waals surface area contributed by atoms with Crippen molar-refractivity contribution < 1.29 is 0 Å². The molecule has 0 fully saturated rings. The van der Waals surface area contributed by atoms with Crippen molar-refractivity contribution in [3.05, 3.63) is 33.7 Å². The second kappa shape index (κ2) is 4.31. The van der Waals surface area contributed by atoms with Crippen LogP contribution in [0.25, 0.3) is 11.0 Å². The Labute approximate surface area is 106 Å². The molecule has 0 spiro atoms. The van der Waals surface area contributed by atoms with Gasteiger partial charge >= 0.3 is 0 Å². The number of aromatic amines is 1. The van der Waals surface area contributed by atoms with E-state index in [9.17, 15) is 0 Å². The first kappa shape index (κ1) is 10.5. The first-order chi connectivity index (χ1) is 8.33. The van der Waals surface area contributed by atoms with Crippen LogP contribution in [0.2, 0.25) is 4.47 Å². The molecule has 0 aliphatic rings. The molecule has 5 nitrogen and oxygen atoms in total. The molecule has 0 radical (unpaired) electrons. The van der Waals surface area contributed by atoms with E-state index in [1.54, 1.807) is 6.20 Å². The normalized spacial score (nSPS) is 10.9. The summed E-state index contributed by atoms with van der Waals surface area (Å²) in [5, 5.41) is 14.0. The van der Waals surface area contributed by atoms with Crippen molar-refractivity contribution in [2.45, 2.75) is 6.54 Å². The summed E-state index contributed by atoms with van der Waals surface area (Å²) in [5.74, 6) is 0. The maximum Gasteiger partial charge on any atom is 0.183 e. The largest absolute Gasteiger partial charge is 0.378 e. The molecule has 0 bridgehead atoms. The summed E-state index contributed by atoms with van der Waals surface area (Å²) in [7, 11) is 0. The fourth-order valence-electron chi connectivity index (χ4n) is 1.56. The lowest BCUT2D eigenvalue weighted by molar-refractivity contribution is 0.959. The zero-order chi connectivity index (χ0) is 11.7. The van der Waals surface area contributed by atoms with Gasteiger partial charge in [-0.1, -0.05) is 17.7 Å². The van der Waals surface area contributed by atoms with E-state index >= 15 is 0 Å². The summed E-state index contributed by atoms with van der Waals surface area (Å²) in [6.07, 6.45) is 1.77. The minimum atomic E-state index is 0.557. The maximum absolute atomic E-state index is 5.77. The van der Waals surface area contributed by atoms with Crippen LogP contribution in [0.1, 0.15) is 4.88 Å². The number of halogens is 1. The quantitative estimate of drug-likeness (QED) is 0.764. The third-order valence-electron chi connectivity index (χ3n) is 2.33. The number of aromatic nitrogens is 4. The molecule has 7 heteroatoms. The summed E-state index contributed by atoms with van der Waals surface area (Å²) in [6.45, 7) is 0.677. The Hall–Kier alpha value is -1.66. The molecular weight excluding hydrogens is 258 g/mol. The van der Waals surface area contributed by atoms with Gasteiger partial charge in [0.05, 0.1) is 12.2 Å². The van der Waals surface area contributed by atoms with Crippen LogP contribution in [0.4, 0.5) is 5.69 Å². The van der Waals surface area contributed by atoms with E-state index in [1.165, 1.54) is 11.3 Å². The van der Waals surface area contributed by atoms with Crippen molar-refractivity contribution in [2.75, 3.05) is 5.32 Å². The zero-order valence-electron chi connectivity index (χ0n) is 8.64. The molecule has 0 aliphatic carbocycles. The Morgan fingerprint density at radius 3 is 3.12 bits per heavy atom. The topological polar surface area (TPSA) is 66.5 Å². The number of hydrogen-bond acceptors (Lipinski definition) is 5. The van der Waals surface area contributed by atoms with E-state index in [4.69, 9.17) is 11.6 Å². The van der Waals surface area contributed by atoms with E-state index in [0.717, 1.165) is 21.6 Å². The third-order valence-corrected chi connectivity index (χ3v) is 3.44. The standard InChI is InChI=1S/C10H8ClN5S/c11-10-13-5-6(17-10)4-12-7-2-1-3-8-9(7)15-16-14-8/h1-3,5,12H,4H2,(H,14,15,16). The molecular formula is C10H8ClN5S. The van der Waals surface area contributed by atoms with Crippen LogP contribution >= 0.6 is 22.9 Å². The Kier molecular flexibility index (Phi) is 2.66. The molecule has 0 amide bonds. The van der Waals surface area contributed by atoms with Crippen molar-refractivity contribution in [3.8, 4) is 0 Å². The number of nitrogens with one attached hydrogen (secondary N) is 2. The van der Waals surface area contributed by atoms with E-state index in [2.05, 4.69) is 25.7 Å². The van der Waals surface area contributed by atoms with E-state index in [-0.39, 0.29) is 0 Å². The van der Waals surface area contributed by atoms with Crippen molar-refractivity contribution in [2.24, 2.45) is 0 Å². The van der Waals surface area contributed by atoms with Gasteiger partial charge in [0.1, 0.15) is 11.0 Å². The van der Waals surface area contributed by atoms with E-state index in [0.29, 0.717) is 11.0 Å². The molecule has 2 N–H and O–H groups in total. The van der Waals surface area contributed by atoms with Gasteiger partial charge in [0.25, 0.3) is 0 Å². The molecule has 3 aromatic rings. The summed E-state index contributed by atoms with van der Waals surface area (Å²) in [5.41, 5.74) is 2.63. The Bertz CT molecular complexity index is 647. The molecule has 1 aromatic carbocycles. The summed E-state index contributed by atoms with van der Waals surface area (Å²) in [4.78, 5) is 5.07. The number of benzene rings is 1. The van der Waals surface area contributed by atoms with Gasteiger partial charge in [0.15, 0.2) is 4.47 Å². The van der Waals surface area contributed by atoms with Gasteiger partial charge in [-0.05, 0) is 12.1 Å². The maximum atomic E-state index is 5.77. The van der Waals surface area contributed by atoms with Gasteiger partial charge in [-0.2, -0.15) is 15.4 Å². The third kappa shape index (κ3) is 2.09. The lowest BCUT2D eigenvalue weighted by Gasteiger charge is -2.03. The van der Waals surface area contributed by atoms with Gasteiger partial charge in [0.2, 0.25) is 0 Å². The van der Waals surface area contributed by atoms with Crippen molar-refractivity contribution in [1.29, 1.82) is 0 Å². The highest BCUT2D eigenvalue weighted by molar-refractivity contribution is 7.15. The van der Waals surface area contributed by atoms with Crippen molar-refractivity contribution >= 4 is 39.7 Å². The van der Waals surface area contributed by atoms with Crippen molar-refractivity contribution in [3.63, 3.8) is 0 Å². The second-order valence-electron chi connectivity index (χ2n) is 3.43. The van der Waals surface area contributed by atoms with Crippen LogP contribution in [-0.4, -0.2) is 20.4 Å². The first-order valence-corrected chi connectivity index (χ1v) is 6.16. The summed E-state index contributed by atoms with van der Waals surface area (Å²) >= 11 is 7.23. The summed E-state index contributed by atoms with van der Waals surface area (Å²) < 4.78 is 0.557. The SMILES string of the molecule is Clc1ncc(CNc2cccc3n[nH]nc23)s1. The monoisotopic (exact) mass is 265 g/mol. The molecule has 0 aliphatic heterocycles. The van der Waals surface area contributed by atoms with E-state index in [1.807, 2.05) is 18.2 Å². The molecule has 17 heavy (non-hydrogen) atoms. The average molecular weight is 266 g/mol. The molecule has 2 heterocycles. The van der Waals surface area contributed by atoms with Gasteiger partial charge < -0.3 is 5.32 Å². The van der Waals surface area contributed by atoms with Crippen molar-refractivity contribution in [1.82, 2.24) is 20.4 Å². The number of fused-ring (bicyclic) bond motifs is 1. The van der Waals surface area contributed by atoms with Gasteiger partial charge in [0, 0.05) is 11.1 Å². The molecule has 3 rings (SSSR count). The van der Waals surface area contributed by atoms with Crippen LogP contribution in [0, 0.1) is 0 Å². The molecule has 0 unspecified atom stereocenters. The number of anilines is 1. The van der Waals surface area contributed by atoms with Gasteiger partial charge in [-0.15, -0.1) is 11.3 Å². The highest BCUT2D eigenvalue weighted by Crippen LogP contribution is 2.22. The Balaban J connectivity index is 1.83. The van der Waals surface area contributed by atoms with Crippen LogP contribution < -0.4 is 5.32 Å². The molecule has 86 valence electrons. The fourth-order valence-corrected chi connectivity index (χ4v) is 2.48. The Morgan fingerprint density at radius 1 is 1.35 bits per heavy atom. The first-order valence-electron chi connectivity index (χ1n) is 4.96. The minimum absolute atomic E-state index is 0.557. The molecule has 0 atom stereocenters. The lowest BCUT2D eigenvalue weighted by atomic mass is 10.2. The molecule has 0 saturated carbocycles. The molecule has 0 saturated heterocycles. The average Bonchev–Trinajstić information content (AvgIpc) is 2.94. The van der Waals surface area contributed by atoms with Gasteiger partial charge in [-0.3, -0.25) is 0 Å². The number of nitrogens with zero attached hydrogens (tertiary/aromatic N) is 3. The van der Waals surface area contributed by atoms with Crippen LogP contribution in [0.3, 0.4) is 0 Å². The molecule has 2 aromatic heterocycles. The van der Waals surface area contributed by atoms with Crippen LogP contribution in [0.15, 0.2) is 24.4 Å². The van der Waals surface area contributed by atoms with Crippen LogP contribution in [0.5, 0.6) is 0 Å². The predicted octanol–water partition coefficient (Wildman–Crippen LogP) is 2.68. The lowest BCUT2D eigenvalue weighted by Crippen LogP contribution is -1.97. The smallest absolute Gasteiger partial charge is 0.183 e. The predicted molar refractivity (Wildman–Crippen MR) is 68.3 cm³/mol. The number of hydrogen-bond donors (Lipinski definition) is 2. The van der Waals surface area contributed by atoms with Gasteiger partial charge in [-0.25, -0.2) is 4.98 Å². The minimum Gasteiger partial charge on any atom is -0.378 e. The summed E-state index contributed by atoms with van der Waals surface area (Å²) in [6, 6.07) is 5.81.